The maximum atomic E-state index is 12.3. The number of nitrogens with one attached hydrogen (secondary N) is 2. The van der Waals surface area contributed by atoms with Crippen LogP contribution in [0.1, 0.15) is 37.2 Å². The summed E-state index contributed by atoms with van der Waals surface area (Å²) in [4.78, 5) is 16.8. The van der Waals surface area contributed by atoms with Crippen molar-refractivity contribution in [2.24, 2.45) is 0 Å². The third kappa shape index (κ3) is 2.46. The van der Waals surface area contributed by atoms with Crippen molar-refractivity contribution in [3.8, 4) is 0 Å². The molecule has 1 aromatic heterocycles. The lowest BCUT2D eigenvalue weighted by Crippen LogP contribution is -2.34. The largest absolute Gasteiger partial charge is 0.370 e. The maximum Gasteiger partial charge on any atom is 0.270 e. The lowest BCUT2D eigenvalue weighted by atomic mass is 10.1. The Morgan fingerprint density at radius 2 is 2.10 bits per heavy atom. The highest BCUT2D eigenvalue weighted by atomic mass is 16.2. The molecule has 1 heterocycles. The van der Waals surface area contributed by atoms with Crippen LogP contribution < -0.4 is 10.6 Å². The Hall–Kier alpha value is -2.10. The molecule has 104 valence electrons. The molecule has 0 aliphatic heterocycles. The minimum atomic E-state index is -0.0880. The van der Waals surface area contributed by atoms with Crippen LogP contribution >= 0.6 is 0 Å². The molecule has 4 nitrogen and oxygen atoms in total. The van der Waals surface area contributed by atoms with Crippen molar-refractivity contribution in [1.29, 1.82) is 0 Å². The number of carbonyl (C=O) groups is 1. The van der Waals surface area contributed by atoms with Crippen LogP contribution in [0.4, 0.5) is 5.82 Å². The van der Waals surface area contributed by atoms with Crippen molar-refractivity contribution in [3.05, 3.63) is 36.0 Å². The zero-order chi connectivity index (χ0) is 14.2. The van der Waals surface area contributed by atoms with Crippen LogP contribution in [-0.4, -0.2) is 23.0 Å². The monoisotopic (exact) mass is 269 g/mol. The number of amides is 1. The number of fused-ring (bicyclic) bond motifs is 1. The molecule has 1 saturated carbocycles. The van der Waals surface area contributed by atoms with Gasteiger partial charge in [0.2, 0.25) is 0 Å². The molecule has 1 fully saturated rings. The predicted molar refractivity (Wildman–Crippen MR) is 81.0 cm³/mol. The van der Waals surface area contributed by atoms with E-state index in [2.05, 4.69) is 22.5 Å². The molecular formula is C16H19N3O. The summed E-state index contributed by atoms with van der Waals surface area (Å²) in [7, 11) is 0. The Morgan fingerprint density at radius 3 is 2.80 bits per heavy atom. The second-order valence-corrected chi connectivity index (χ2v) is 5.62. The molecule has 20 heavy (non-hydrogen) atoms. The van der Waals surface area contributed by atoms with E-state index in [1.165, 1.54) is 0 Å². The molecule has 0 atom stereocenters. The van der Waals surface area contributed by atoms with E-state index in [9.17, 15) is 4.79 Å². The number of benzene rings is 1. The van der Waals surface area contributed by atoms with E-state index < -0.39 is 0 Å². The molecule has 1 aromatic carbocycles. The second-order valence-electron chi connectivity index (χ2n) is 5.62. The minimum absolute atomic E-state index is 0.0250. The summed E-state index contributed by atoms with van der Waals surface area (Å²) in [5.41, 5.74) is 0.454. The lowest BCUT2D eigenvalue weighted by Gasteiger charge is -2.13. The summed E-state index contributed by atoms with van der Waals surface area (Å²) in [6.07, 6.45) is 2.10. The number of rotatable bonds is 4. The molecule has 0 spiro atoms. The number of carbonyl (C=O) groups excluding carboxylic acids is 1. The van der Waals surface area contributed by atoms with Crippen LogP contribution in [0, 0.1) is 0 Å². The van der Waals surface area contributed by atoms with E-state index in [0.29, 0.717) is 5.69 Å². The molecule has 2 N–H and O–H groups in total. The molecule has 0 saturated heterocycles. The van der Waals surface area contributed by atoms with Gasteiger partial charge in [-0.2, -0.15) is 0 Å². The Balaban J connectivity index is 2.00. The van der Waals surface area contributed by atoms with Gasteiger partial charge < -0.3 is 10.6 Å². The van der Waals surface area contributed by atoms with E-state index in [0.717, 1.165) is 36.0 Å². The zero-order valence-corrected chi connectivity index (χ0v) is 11.9. The highest BCUT2D eigenvalue weighted by Crippen LogP contribution is 2.34. The molecule has 4 heteroatoms. The Bertz CT molecular complexity index is 662. The van der Waals surface area contributed by atoms with Gasteiger partial charge in [-0.25, -0.2) is 4.98 Å². The van der Waals surface area contributed by atoms with E-state index >= 15 is 0 Å². The average molecular weight is 269 g/mol. The normalized spacial score (nSPS) is 15.9. The number of nitrogens with zero attached hydrogens (tertiary/aromatic N) is 1. The van der Waals surface area contributed by atoms with Crippen molar-refractivity contribution in [1.82, 2.24) is 10.3 Å². The van der Waals surface area contributed by atoms with Crippen molar-refractivity contribution in [3.63, 3.8) is 0 Å². The number of hydrogen-bond donors (Lipinski definition) is 2. The fourth-order valence-corrected chi connectivity index (χ4v) is 2.27. The van der Waals surface area contributed by atoms with Crippen LogP contribution in [0.25, 0.3) is 10.8 Å². The molecule has 1 amide bonds. The molecule has 3 rings (SSSR count). The van der Waals surface area contributed by atoms with Gasteiger partial charge in [0, 0.05) is 17.5 Å². The molecule has 0 radical (unpaired) electrons. The van der Waals surface area contributed by atoms with Crippen molar-refractivity contribution < 1.29 is 4.79 Å². The molecule has 0 bridgehead atoms. The van der Waals surface area contributed by atoms with Gasteiger partial charge in [-0.1, -0.05) is 24.3 Å². The van der Waals surface area contributed by atoms with Gasteiger partial charge in [0.1, 0.15) is 11.5 Å². The van der Waals surface area contributed by atoms with Crippen LogP contribution in [0.5, 0.6) is 0 Å². The average Bonchev–Trinajstić information content (AvgIpc) is 3.16. The van der Waals surface area contributed by atoms with Crippen LogP contribution in [0.15, 0.2) is 30.3 Å². The number of anilines is 1. The van der Waals surface area contributed by atoms with Crippen molar-refractivity contribution in [2.45, 2.75) is 32.2 Å². The van der Waals surface area contributed by atoms with Gasteiger partial charge in [0.05, 0.1) is 0 Å². The molecular weight excluding hydrogens is 250 g/mol. The van der Waals surface area contributed by atoms with Gasteiger partial charge >= 0.3 is 0 Å². The SMILES string of the molecule is CCNc1nc(C(=O)NC2(C)CC2)cc2ccccc12. The quantitative estimate of drug-likeness (QED) is 0.897. The first-order valence-electron chi connectivity index (χ1n) is 7.07. The third-order valence-electron chi connectivity index (χ3n) is 3.73. The molecule has 1 aliphatic rings. The summed E-state index contributed by atoms with van der Waals surface area (Å²) in [5, 5.41) is 8.36. The van der Waals surface area contributed by atoms with Crippen molar-refractivity contribution >= 4 is 22.5 Å². The summed E-state index contributed by atoms with van der Waals surface area (Å²) in [6, 6.07) is 9.84. The zero-order valence-electron chi connectivity index (χ0n) is 11.9. The summed E-state index contributed by atoms with van der Waals surface area (Å²) < 4.78 is 0. The number of aromatic nitrogens is 1. The van der Waals surface area contributed by atoms with Gasteiger partial charge in [-0.15, -0.1) is 0 Å². The smallest absolute Gasteiger partial charge is 0.270 e. The minimum Gasteiger partial charge on any atom is -0.370 e. The molecule has 1 aliphatic carbocycles. The summed E-state index contributed by atoms with van der Waals surface area (Å²) in [6.45, 7) is 4.87. The second kappa shape index (κ2) is 4.78. The Labute approximate surface area is 118 Å². The standard InChI is InChI=1S/C16H19N3O/c1-3-17-14-12-7-5-4-6-11(12)10-13(18-14)15(20)19-16(2)8-9-16/h4-7,10H,3,8-9H2,1-2H3,(H,17,18)(H,19,20). The first-order chi connectivity index (χ1) is 9.61. The van der Waals surface area contributed by atoms with Gasteiger partial charge in [0.25, 0.3) is 5.91 Å². The lowest BCUT2D eigenvalue weighted by molar-refractivity contribution is 0.0930. The molecule has 2 aromatic rings. The van der Waals surface area contributed by atoms with Crippen LogP contribution in [0.2, 0.25) is 0 Å². The Kier molecular flexibility index (Phi) is 3.08. The van der Waals surface area contributed by atoms with Crippen LogP contribution in [0.3, 0.4) is 0 Å². The maximum absolute atomic E-state index is 12.3. The van der Waals surface area contributed by atoms with E-state index in [1.54, 1.807) is 0 Å². The Morgan fingerprint density at radius 1 is 1.35 bits per heavy atom. The first kappa shape index (κ1) is 12.9. The highest BCUT2D eigenvalue weighted by molar-refractivity contribution is 6.00. The third-order valence-corrected chi connectivity index (χ3v) is 3.73. The summed E-state index contributed by atoms with van der Waals surface area (Å²) >= 11 is 0. The van der Waals surface area contributed by atoms with E-state index in [-0.39, 0.29) is 11.4 Å². The van der Waals surface area contributed by atoms with Gasteiger partial charge in [-0.05, 0) is 38.1 Å². The fraction of sp³-hybridized carbons (Fsp3) is 0.375. The fourth-order valence-electron chi connectivity index (χ4n) is 2.27. The highest BCUT2D eigenvalue weighted by Gasteiger charge is 2.39. The van der Waals surface area contributed by atoms with Crippen LogP contribution in [-0.2, 0) is 0 Å². The van der Waals surface area contributed by atoms with E-state index in [1.807, 2.05) is 37.3 Å². The number of pyridine rings is 1. The van der Waals surface area contributed by atoms with E-state index in [4.69, 9.17) is 0 Å². The predicted octanol–water partition coefficient (Wildman–Crippen LogP) is 2.95. The topological polar surface area (TPSA) is 54.0 Å². The molecule has 0 unspecified atom stereocenters. The van der Waals surface area contributed by atoms with Gasteiger partial charge in [0.15, 0.2) is 0 Å². The van der Waals surface area contributed by atoms with Crippen molar-refractivity contribution in [2.75, 3.05) is 11.9 Å². The first-order valence-corrected chi connectivity index (χ1v) is 7.07. The van der Waals surface area contributed by atoms with Gasteiger partial charge in [-0.3, -0.25) is 4.79 Å². The number of hydrogen-bond acceptors (Lipinski definition) is 3. The summed E-state index contributed by atoms with van der Waals surface area (Å²) in [5.74, 6) is 0.687.